The summed E-state index contributed by atoms with van der Waals surface area (Å²) in [7, 11) is 0. The summed E-state index contributed by atoms with van der Waals surface area (Å²) in [5, 5.41) is 35.2. The Hall–Kier alpha value is -2.91. The minimum absolute atomic E-state index is 0.0775. The number of H-pyrrole nitrogens is 1. The van der Waals surface area contributed by atoms with Gasteiger partial charge in [-0.15, -0.1) is 0 Å². The van der Waals surface area contributed by atoms with Crippen molar-refractivity contribution in [2.45, 2.75) is 31.1 Å². The molecule has 0 saturated carbocycles. The largest absolute Gasteiger partial charge is 0.481 e. The quantitative estimate of drug-likeness (QED) is 0.433. The van der Waals surface area contributed by atoms with Crippen molar-refractivity contribution in [2.75, 3.05) is 13.1 Å². The number of carboxylic acids is 1. The Morgan fingerprint density at radius 1 is 1.19 bits per heavy atom. The molecule has 8 nitrogen and oxygen atoms in total. The average Bonchev–Trinajstić information content (AvgIpc) is 3.30. The Labute approximate surface area is 189 Å². The van der Waals surface area contributed by atoms with Crippen LogP contribution in [0.1, 0.15) is 28.9 Å². The van der Waals surface area contributed by atoms with Gasteiger partial charge in [-0.05, 0) is 36.2 Å². The van der Waals surface area contributed by atoms with Gasteiger partial charge >= 0.3 is 5.97 Å². The molecule has 168 valence electrons. The number of aromatic amines is 1. The SMILES string of the molecule is O=C(O)CCN(C(=O)c1cc2cc(Cl)ccc2[nH]1)N1CCC(O)C1(O)Cc1ccccc1. The fourth-order valence-corrected chi connectivity index (χ4v) is 4.35. The molecule has 0 radical (unpaired) electrons. The number of carbonyl (C=O) groups excluding carboxylic acids is 1. The third-order valence-corrected chi connectivity index (χ3v) is 6.01. The maximum Gasteiger partial charge on any atom is 0.305 e. The summed E-state index contributed by atoms with van der Waals surface area (Å²) in [5.74, 6) is -1.57. The molecule has 1 aromatic heterocycles. The number of aliphatic hydroxyl groups is 2. The minimum atomic E-state index is -1.76. The van der Waals surface area contributed by atoms with E-state index in [4.69, 9.17) is 11.6 Å². The van der Waals surface area contributed by atoms with Crippen LogP contribution in [0.3, 0.4) is 0 Å². The third-order valence-electron chi connectivity index (χ3n) is 5.78. The second-order valence-corrected chi connectivity index (χ2v) is 8.39. The maximum absolute atomic E-state index is 13.5. The Morgan fingerprint density at radius 3 is 2.66 bits per heavy atom. The molecule has 0 bridgehead atoms. The number of halogens is 1. The number of aromatic nitrogens is 1. The number of benzene rings is 2. The van der Waals surface area contributed by atoms with Crippen molar-refractivity contribution < 1.29 is 24.9 Å². The summed E-state index contributed by atoms with van der Waals surface area (Å²) >= 11 is 6.05. The van der Waals surface area contributed by atoms with E-state index in [0.29, 0.717) is 10.5 Å². The highest BCUT2D eigenvalue weighted by molar-refractivity contribution is 6.31. The fraction of sp³-hybridized carbons (Fsp3) is 0.304. The average molecular weight is 458 g/mol. The highest BCUT2D eigenvalue weighted by atomic mass is 35.5. The summed E-state index contributed by atoms with van der Waals surface area (Å²) in [5.41, 5.74) is -0.0370. The zero-order valence-corrected chi connectivity index (χ0v) is 18.0. The molecule has 2 atom stereocenters. The van der Waals surface area contributed by atoms with E-state index >= 15 is 0 Å². The van der Waals surface area contributed by atoms with E-state index in [1.54, 1.807) is 24.3 Å². The van der Waals surface area contributed by atoms with Gasteiger partial charge in [0.2, 0.25) is 0 Å². The van der Waals surface area contributed by atoms with Crippen molar-refractivity contribution in [1.82, 2.24) is 15.0 Å². The van der Waals surface area contributed by atoms with Crippen molar-refractivity contribution >= 4 is 34.4 Å². The molecule has 4 rings (SSSR count). The number of amides is 1. The van der Waals surface area contributed by atoms with Crippen molar-refractivity contribution in [3.63, 3.8) is 0 Å². The van der Waals surface area contributed by atoms with E-state index in [1.807, 2.05) is 30.3 Å². The molecule has 1 fully saturated rings. The number of aliphatic carboxylic acids is 1. The van der Waals surface area contributed by atoms with Gasteiger partial charge in [0.05, 0.1) is 12.5 Å². The molecule has 3 aromatic rings. The van der Waals surface area contributed by atoms with Gasteiger partial charge in [-0.2, -0.15) is 5.01 Å². The van der Waals surface area contributed by atoms with Crippen LogP contribution in [0.15, 0.2) is 54.6 Å². The molecule has 9 heteroatoms. The zero-order chi connectivity index (χ0) is 22.9. The number of nitrogens with zero attached hydrogens (tertiary/aromatic N) is 2. The maximum atomic E-state index is 13.5. The van der Waals surface area contributed by atoms with Gasteiger partial charge in [-0.3, -0.25) is 14.6 Å². The Balaban J connectivity index is 1.69. The predicted molar refractivity (Wildman–Crippen MR) is 119 cm³/mol. The molecule has 4 N–H and O–H groups in total. The van der Waals surface area contributed by atoms with Crippen molar-refractivity contribution in [1.29, 1.82) is 0 Å². The second kappa shape index (κ2) is 8.91. The number of hydrazine groups is 1. The van der Waals surface area contributed by atoms with Crippen LogP contribution in [0, 0.1) is 0 Å². The molecule has 1 saturated heterocycles. The van der Waals surface area contributed by atoms with Crippen LogP contribution in [0.25, 0.3) is 10.9 Å². The molecule has 0 spiro atoms. The number of fused-ring (bicyclic) bond motifs is 1. The topological polar surface area (TPSA) is 117 Å². The number of carbonyl (C=O) groups is 2. The Morgan fingerprint density at radius 2 is 1.94 bits per heavy atom. The molecule has 0 aliphatic carbocycles. The smallest absolute Gasteiger partial charge is 0.305 e. The molecule has 2 aromatic carbocycles. The lowest BCUT2D eigenvalue weighted by atomic mass is 9.98. The molecular formula is C23H24ClN3O5. The molecular weight excluding hydrogens is 434 g/mol. The lowest BCUT2D eigenvalue weighted by molar-refractivity contribution is -0.204. The van der Waals surface area contributed by atoms with Gasteiger partial charge in [-0.1, -0.05) is 41.9 Å². The zero-order valence-electron chi connectivity index (χ0n) is 17.2. The van der Waals surface area contributed by atoms with E-state index in [2.05, 4.69) is 4.98 Å². The third kappa shape index (κ3) is 4.35. The first-order chi connectivity index (χ1) is 15.3. The number of nitrogens with one attached hydrogen (secondary N) is 1. The first-order valence-electron chi connectivity index (χ1n) is 10.3. The minimum Gasteiger partial charge on any atom is -0.481 e. The molecule has 2 heterocycles. The van der Waals surface area contributed by atoms with Crippen LogP contribution in [0.5, 0.6) is 0 Å². The van der Waals surface area contributed by atoms with Gasteiger partial charge in [0.15, 0.2) is 5.72 Å². The number of aliphatic hydroxyl groups excluding tert-OH is 1. The van der Waals surface area contributed by atoms with Crippen molar-refractivity contribution in [2.24, 2.45) is 0 Å². The Bertz CT molecular complexity index is 1140. The lowest BCUT2D eigenvalue weighted by Gasteiger charge is -2.42. The van der Waals surface area contributed by atoms with Gasteiger partial charge in [0.1, 0.15) is 5.69 Å². The number of hydrogen-bond acceptors (Lipinski definition) is 5. The van der Waals surface area contributed by atoms with Crippen molar-refractivity contribution in [3.8, 4) is 0 Å². The molecule has 2 unspecified atom stereocenters. The lowest BCUT2D eigenvalue weighted by Crippen LogP contribution is -2.60. The molecule has 1 aliphatic heterocycles. The predicted octanol–water partition coefficient (Wildman–Crippen LogP) is 2.65. The summed E-state index contributed by atoms with van der Waals surface area (Å²) < 4.78 is 0. The monoisotopic (exact) mass is 457 g/mol. The second-order valence-electron chi connectivity index (χ2n) is 7.96. The standard InChI is InChI=1S/C23H24ClN3O5/c24-17-6-7-18-16(12-17)13-19(25-18)22(31)26(10-9-21(29)30)27-11-8-20(28)23(27,32)14-15-4-2-1-3-5-15/h1-7,12-13,20,25,28,32H,8-11,14H2,(H,29,30). The molecule has 32 heavy (non-hydrogen) atoms. The summed E-state index contributed by atoms with van der Waals surface area (Å²) in [6, 6.07) is 16.0. The van der Waals surface area contributed by atoms with Crippen LogP contribution in [-0.4, -0.2) is 67.1 Å². The fourth-order valence-electron chi connectivity index (χ4n) is 4.17. The highest BCUT2D eigenvalue weighted by Gasteiger charge is 2.50. The Kier molecular flexibility index (Phi) is 6.21. The van der Waals surface area contributed by atoms with Crippen LogP contribution >= 0.6 is 11.6 Å². The van der Waals surface area contributed by atoms with E-state index in [1.165, 1.54) is 10.0 Å². The van der Waals surface area contributed by atoms with Gasteiger partial charge in [-0.25, -0.2) is 0 Å². The highest BCUT2D eigenvalue weighted by Crippen LogP contribution is 2.33. The first-order valence-corrected chi connectivity index (χ1v) is 10.7. The molecule has 1 amide bonds. The van der Waals surface area contributed by atoms with Gasteiger partial charge in [0, 0.05) is 35.4 Å². The van der Waals surface area contributed by atoms with Gasteiger partial charge < -0.3 is 20.3 Å². The first kappa shape index (κ1) is 22.3. The van der Waals surface area contributed by atoms with Crippen LogP contribution in [-0.2, 0) is 11.2 Å². The summed E-state index contributed by atoms with van der Waals surface area (Å²) in [6.07, 6.45) is -1.10. The van der Waals surface area contributed by atoms with Crippen molar-refractivity contribution in [3.05, 3.63) is 70.9 Å². The number of rotatable bonds is 7. The summed E-state index contributed by atoms with van der Waals surface area (Å²) in [6.45, 7) is 0.0377. The van der Waals surface area contributed by atoms with E-state index < -0.39 is 23.7 Å². The summed E-state index contributed by atoms with van der Waals surface area (Å²) in [4.78, 5) is 27.8. The van der Waals surface area contributed by atoms with Crippen LogP contribution < -0.4 is 0 Å². The van der Waals surface area contributed by atoms with E-state index in [9.17, 15) is 24.9 Å². The van der Waals surface area contributed by atoms with Crippen LogP contribution in [0.2, 0.25) is 5.02 Å². The van der Waals surface area contributed by atoms with Crippen LogP contribution in [0.4, 0.5) is 0 Å². The number of carboxylic acid groups (broad SMARTS) is 1. The van der Waals surface area contributed by atoms with E-state index in [0.717, 1.165) is 10.9 Å². The number of hydrogen-bond donors (Lipinski definition) is 4. The van der Waals surface area contributed by atoms with Gasteiger partial charge in [0.25, 0.3) is 5.91 Å². The van der Waals surface area contributed by atoms with E-state index in [-0.39, 0.29) is 38.0 Å². The normalized spacial score (nSPS) is 21.2. The molecule has 1 aliphatic rings.